The summed E-state index contributed by atoms with van der Waals surface area (Å²) in [5, 5.41) is 5.61. The minimum absolute atomic E-state index is 0.0867. The summed E-state index contributed by atoms with van der Waals surface area (Å²) in [7, 11) is 0. The van der Waals surface area contributed by atoms with Crippen LogP contribution in [0.25, 0.3) is 10.8 Å². The summed E-state index contributed by atoms with van der Waals surface area (Å²) in [6.07, 6.45) is 0. The number of carbonyl (C=O) groups excluding carboxylic acids is 1. The Morgan fingerprint density at radius 1 is 1.12 bits per heavy atom. The lowest BCUT2D eigenvalue weighted by molar-refractivity contribution is 0.0637. The van der Waals surface area contributed by atoms with Crippen molar-refractivity contribution in [2.45, 2.75) is 26.8 Å². The third-order valence-electron chi connectivity index (χ3n) is 4.63. The van der Waals surface area contributed by atoms with E-state index in [2.05, 4.69) is 16.9 Å². The third kappa shape index (κ3) is 2.94. The molecule has 24 heavy (non-hydrogen) atoms. The number of likely N-dealkylation sites (N-methyl/N-ethyl adjacent to an activating group) is 1. The molecule has 2 heterocycles. The Bertz CT molecular complexity index is 804. The van der Waals surface area contributed by atoms with E-state index in [4.69, 9.17) is 0 Å². The van der Waals surface area contributed by atoms with Crippen molar-refractivity contribution in [1.29, 1.82) is 0 Å². The molecule has 0 spiro atoms. The lowest BCUT2D eigenvalue weighted by Crippen LogP contribution is -2.49. The molecule has 0 aliphatic carbocycles. The monoisotopic (exact) mass is 328 g/mol. The van der Waals surface area contributed by atoms with Gasteiger partial charge in [0.05, 0.1) is 11.4 Å². The molecule has 0 unspecified atom stereocenters. The molecule has 1 amide bonds. The van der Waals surface area contributed by atoms with Crippen LogP contribution in [0.1, 0.15) is 37.3 Å². The lowest BCUT2D eigenvalue weighted by Gasteiger charge is -2.34. The summed E-state index contributed by atoms with van der Waals surface area (Å²) in [5.41, 5.74) is 0.233. The second-order valence-corrected chi connectivity index (χ2v) is 6.46. The third-order valence-corrected chi connectivity index (χ3v) is 4.63. The molecule has 0 radical (unpaired) electrons. The van der Waals surface area contributed by atoms with Gasteiger partial charge in [-0.2, -0.15) is 5.10 Å². The van der Waals surface area contributed by atoms with Crippen LogP contribution >= 0.6 is 0 Å². The van der Waals surface area contributed by atoms with Crippen LogP contribution in [-0.2, 0) is 0 Å². The predicted molar refractivity (Wildman–Crippen MR) is 94.4 cm³/mol. The molecule has 1 fully saturated rings. The Labute approximate surface area is 141 Å². The van der Waals surface area contributed by atoms with Crippen LogP contribution in [0.3, 0.4) is 0 Å². The van der Waals surface area contributed by atoms with Crippen molar-refractivity contribution in [2.24, 2.45) is 0 Å². The number of aromatic nitrogens is 2. The van der Waals surface area contributed by atoms with Crippen molar-refractivity contribution in [1.82, 2.24) is 19.6 Å². The summed E-state index contributed by atoms with van der Waals surface area (Å²) in [5.74, 6) is -0.0867. The van der Waals surface area contributed by atoms with Crippen LogP contribution in [0, 0.1) is 0 Å². The average molecular weight is 328 g/mol. The van der Waals surface area contributed by atoms with Gasteiger partial charge in [-0.1, -0.05) is 25.1 Å². The van der Waals surface area contributed by atoms with Gasteiger partial charge >= 0.3 is 0 Å². The van der Waals surface area contributed by atoms with E-state index in [1.54, 1.807) is 6.07 Å². The Morgan fingerprint density at radius 2 is 1.75 bits per heavy atom. The molecule has 2 aromatic rings. The number of carbonyl (C=O) groups is 1. The van der Waals surface area contributed by atoms with Gasteiger partial charge in [0.2, 0.25) is 0 Å². The second kappa shape index (κ2) is 6.73. The fourth-order valence-electron chi connectivity index (χ4n) is 3.13. The maximum atomic E-state index is 13.0. The van der Waals surface area contributed by atoms with E-state index >= 15 is 0 Å². The first kappa shape index (κ1) is 16.6. The summed E-state index contributed by atoms with van der Waals surface area (Å²) < 4.78 is 1.41. The molecule has 1 aromatic heterocycles. The smallest absolute Gasteiger partial charge is 0.275 e. The van der Waals surface area contributed by atoms with Crippen molar-refractivity contribution in [2.75, 3.05) is 32.7 Å². The molecule has 0 bridgehead atoms. The van der Waals surface area contributed by atoms with E-state index in [9.17, 15) is 9.59 Å². The van der Waals surface area contributed by atoms with E-state index in [0.717, 1.165) is 19.6 Å². The zero-order valence-corrected chi connectivity index (χ0v) is 14.5. The van der Waals surface area contributed by atoms with E-state index in [-0.39, 0.29) is 17.5 Å². The van der Waals surface area contributed by atoms with Crippen LogP contribution in [0.4, 0.5) is 0 Å². The first-order valence-electron chi connectivity index (χ1n) is 8.56. The number of amides is 1. The fraction of sp³-hybridized carbons (Fsp3) is 0.500. The highest BCUT2D eigenvalue weighted by molar-refractivity contribution is 6.04. The van der Waals surface area contributed by atoms with Crippen LogP contribution in [0.2, 0.25) is 0 Å². The normalized spacial score (nSPS) is 16.1. The highest BCUT2D eigenvalue weighted by Crippen LogP contribution is 2.17. The van der Waals surface area contributed by atoms with Crippen LogP contribution in [-0.4, -0.2) is 58.2 Å². The Kier molecular flexibility index (Phi) is 4.66. The summed E-state index contributed by atoms with van der Waals surface area (Å²) in [6, 6.07) is 7.15. The van der Waals surface area contributed by atoms with Crippen molar-refractivity contribution in [3.63, 3.8) is 0 Å². The molecule has 1 aliphatic rings. The summed E-state index contributed by atoms with van der Waals surface area (Å²) in [4.78, 5) is 29.8. The minimum atomic E-state index is -0.145. The first-order valence-corrected chi connectivity index (χ1v) is 8.56. The van der Waals surface area contributed by atoms with Gasteiger partial charge in [0, 0.05) is 31.6 Å². The SMILES string of the molecule is CCN1CCN(C(=O)c2nn(C(C)C)c(=O)c3ccccc23)CC1. The van der Waals surface area contributed by atoms with E-state index < -0.39 is 0 Å². The minimum Gasteiger partial charge on any atom is -0.335 e. The zero-order chi connectivity index (χ0) is 17.3. The Balaban J connectivity index is 2.04. The molecule has 0 saturated carbocycles. The Morgan fingerprint density at radius 3 is 2.33 bits per heavy atom. The zero-order valence-electron chi connectivity index (χ0n) is 14.5. The summed E-state index contributed by atoms with van der Waals surface area (Å²) in [6.45, 7) is 10.1. The number of hydrogen-bond acceptors (Lipinski definition) is 4. The topological polar surface area (TPSA) is 58.4 Å². The molecule has 3 rings (SSSR count). The lowest BCUT2D eigenvalue weighted by atomic mass is 10.1. The molecule has 1 saturated heterocycles. The number of nitrogens with zero attached hydrogens (tertiary/aromatic N) is 4. The van der Waals surface area contributed by atoms with E-state index in [0.29, 0.717) is 29.6 Å². The van der Waals surface area contributed by atoms with Gasteiger partial charge in [-0.05, 0) is 26.5 Å². The van der Waals surface area contributed by atoms with E-state index in [1.165, 1.54) is 4.68 Å². The van der Waals surface area contributed by atoms with Crippen molar-refractivity contribution < 1.29 is 4.79 Å². The molecular weight excluding hydrogens is 304 g/mol. The molecular formula is C18H24N4O2. The van der Waals surface area contributed by atoms with Gasteiger partial charge in [-0.25, -0.2) is 4.68 Å². The van der Waals surface area contributed by atoms with Crippen LogP contribution in [0.15, 0.2) is 29.1 Å². The maximum Gasteiger partial charge on any atom is 0.275 e. The fourth-order valence-corrected chi connectivity index (χ4v) is 3.13. The summed E-state index contributed by atoms with van der Waals surface area (Å²) >= 11 is 0. The highest BCUT2D eigenvalue weighted by atomic mass is 16.2. The molecule has 1 aromatic carbocycles. The Hall–Kier alpha value is -2.21. The largest absolute Gasteiger partial charge is 0.335 e. The number of rotatable bonds is 3. The molecule has 0 N–H and O–H groups in total. The number of fused-ring (bicyclic) bond motifs is 1. The standard InChI is InChI=1S/C18H24N4O2/c1-4-20-9-11-21(12-10-20)18(24)16-14-7-5-6-8-15(14)17(23)22(19-16)13(2)3/h5-8,13H,4,9-12H2,1-3H3. The van der Waals surface area contributed by atoms with Gasteiger partial charge in [-0.3, -0.25) is 9.59 Å². The highest BCUT2D eigenvalue weighted by Gasteiger charge is 2.25. The van der Waals surface area contributed by atoms with Gasteiger partial charge in [-0.15, -0.1) is 0 Å². The maximum absolute atomic E-state index is 13.0. The molecule has 0 atom stereocenters. The number of piperazine rings is 1. The second-order valence-electron chi connectivity index (χ2n) is 6.46. The molecule has 6 nitrogen and oxygen atoms in total. The van der Waals surface area contributed by atoms with Gasteiger partial charge in [0.15, 0.2) is 5.69 Å². The van der Waals surface area contributed by atoms with Gasteiger partial charge in [0.1, 0.15) is 0 Å². The molecule has 128 valence electrons. The van der Waals surface area contributed by atoms with Crippen LogP contribution < -0.4 is 5.56 Å². The van der Waals surface area contributed by atoms with Gasteiger partial charge < -0.3 is 9.80 Å². The van der Waals surface area contributed by atoms with E-state index in [1.807, 2.05) is 36.9 Å². The molecule has 1 aliphatic heterocycles. The first-order chi connectivity index (χ1) is 11.5. The quantitative estimate of drug-likeness (QED) is 0.861. The number of benzene rings is 1. The van der Waals surface area contributed by atoms with Crippen molar-refractivity contribution in [3.05, 3.63) is 40.3 Å². The van der Waals surface area contributed by atoms with Gasteiger partial charge in [0.25, 0.3) is 11.5 Å². The number of hydrogen-bond donors (Lipinski definition) is 0. The predicted octanol–water partition coefficient (Wildman–Crippen LogP) is 1.76. The van der Waals surface area contributed by atoms with Crippen LogP contribution in [0.5, 0.6) is 0 Å². The average Bonchev–Trinajstić information content (AvgIpc) is 2.61. The molecule has 6 heteroatoms. The van der Waals surface area contributed by atoms with Crippen molar-refractivity contribution >= 4 is 16.7 Å². The van der Waals surface area contributed by atoms with Crippen molar-refractivity contribution in [3.8, 4) is 0 Å².